The maximum Gasteiger partial charge on any atom is 0.267 e. The molecular formula is C28H22F2N6O4. The molecule has 1 N–H and O–H groups in total. The molecule has 0 radical (unpaired) electrons. The van der Waals surface area contributed by atoms with Gasteiger partial charge in [-0.1, -0.05) is 0 Å². The monoisotopic (exact) mass is 544 g/mol. The van der Waals surface area contributed by atoms with Gasteiger partial charge in [0, 0.05) is 30.2 Å². The van der Waals surface area contributed by atoms with E-state index in [2.05, 4.69) is 20.3 Å². The topological polar surface area (TPSA) is 113 Å². The summed E-state index contributed by atoms with van der Waals surface area (Å²) in [7, 11) is 0. The quantitative estimate of drug-likeness (QED) is 0.320. The molecule has 0 bridgehead atoms. The molecule has 0 spiro atoms. The maximum atomic E-state index is 15.0. The highest BCUT2D eigenvalue weighted by molar-refractivity contribution is 6.04. The number of carbonyl (C=O) groups excluding carboxylic acids is 1. The van der Waals surface area contributed by atoms with E-state index in [1.165, 1.54) is 65.6 Å². The normalized spacial score (nSPS) is 15.2. The van der Waals surface area contributed by atoms with Gasteiger partial charge in [0.1, 0.15) is 23.9 Å². The Bertz CT molecular complexity index is 1760. The van der Waals surface area contributed by atoms with Gasteiger partial charge in [-0.15, -0.1) is 0 Å². The number of nitrogens with zero attached hydrogens (tertiary/aromatic N) is 5. The van der Waals surface area contributed by atoms with Gasteiger partial charge in [-0.2, -0.15) is 4.98 Å². The minimum absolute atomic E-state index is 0.0703. The second kappa shape index (κ2) is 10.7. The number of amides is 1. The van der Waals surface area contributed by atoms with Gasteiger partial charge in [0.05, 0.1) is 6.33 Å². The van der Waals surface area contributed by atoms with Crippen molar-refractivity contribution < 1.29 is 23.0 Å². The van der Waals surface area contributed by atoms with Gasteiger partial charge in [-0.3, -0.25) is 18.7 Å². The Balaban J connectivity index is 1.20. The smallest absolute Gasteiger partial charge is 0.267 e. The molecule has 1 amide bonds. The Morgan fingerprint density at radius 1 is 1.05 bits per heavy atom. The van der Waals surface area contributed by atoms with Crippen LogP contribution in [-0.4, -0.2) is 36.6 Å². The zero-order valence-electron chi connectivity index (χ0n) is 21.0. The van der Waals surface area contributed by atoms with E-state index in [1.54, 1.807) is 6.33 Å². The van der Waals surface area contributed by atoms with Crippen LogP contribution in [0.5, 0.6) is 11.6 Å². The van der Waals surface area contributed by atoms with Crippen molar-refractivity contribution in [1.29, 1.82) is 0 Å². The molecule has 202 valence electrons. The highest BCUT2D eigenvalue weighted by atomic mass is 19.1. The molecule has 1 aliphatic rings. The summed E-state index contributed by atoms with van der Waals surface area (Å²) in [4.78, 5) is 38.5. The number of rotatable bonds is 6. The number of hydrogen-bond acceptors (Lipinski definition) is 7. The predicted octanol–water partition coefficient (Wildman–Crippen LogP) is 5.00. The van der Waals surface area contributed by atoms with Crippen molar-refractivity contribution in [2.75, 3.05) is 11.9 Å². The molecule has 0 saturated carbocycles. The number of benzene rings is 2. The van der Waals surface area contributed by atoms with Crippen LogP contribution in [0.25, 0.3) is 16.9 Å². The number of hydrogen-bond donors (Lipinski definition) is 1. The van der Waals surface area contributed by atoms with Crippen LogP contribution in [0.4, 0.5) is 14.5 Å². The molecule has 0 aliphatic carbocycles. The molecule has 10 nitrogen and oxygen atoms in total. The lowest BCUT2D eigenvalue weighted by Crippen LogP contribution is -2.27. The lowest BCUT2D eigenvalue weighted by Gasteiger charge is -2.23. The van der Waals surface area contributed by atoms with Crippen LogP contribution >= 0.6 is 0 Å². The molecule has 1 saturated heterocycles. The molecule has 2 aromatic carbocycles. The summed E-state index contributed by atoms with van der Waals surface area (Å²) >= 11 is 0. The Labute approximate surface area is 225 Å². The van der Waals surface area contributed by atoms with Crippen LogP contribution in [0, 0.1) is 11.6 Å². The van der Waals surface area contributed by atoms with Crippen molar-refractivity contribution in [1.82, 2.24) is 24.1 Å². The van der Waals surface area contributed by atoms with Crippen molar-refractivity contribution in [2.45, 2.75) is 25.5 Å². The van der Waals surface area contributed by atoms with Gasteiger partial charge < -0.3 is 14.8 Å². The summed E-state index contributed by atoms with van der Waals surface area (Å²) in [5, 5.41) is 2.53. The maximum absolute atomic E-state index is 15.0. The fourth-order valence-electron chi connectivity index (χ4n) is 4.49. The highest BCUT2D eigenvalue weighted by Gasteiger charge is 2.21. The van der Waals surface area contributed by atoms with Crippen molar-refractivity contribution in [2.24, 2.45) is 0 Å². The number of aromatic nitrogens is 5. The first-order valence-electron chi connectivity index (χ1n) is 12.5. The molecule has 5 aromatic rings. The minimum Gasteiger partial charge on any atom is -0.434 e. The molecule has 4 heterocycles. The Kier molecular flexibility index (Phi) is 6.74. The number of carbonyl (C=O) groups is 1. The molecule has 1 fully saturated rings. The lowest BCUT2D eigenvalue weighted by molar-refractivity contribution is -0.0298. The summed E-state index contributed by atoms with van der Waals surface area (Å²) in [6.07, 6.45) is 7.05. The molecule has 3 aromatic heterocycles. The fraction of sp³-hybridized carbons (Fsp3) is 0.179. The Morgan fingerprint density at radius 2 is 1.90 bits per heavy atom. The predicted molar refractivity (Wildman–Crippen MR) is 141 cm³/mol. The van der Waals surface area contributed by atoms with Gasteiger partial charge in [-0.05, 0) is 67.8 Å². The van der Waals surface area contributed by atoms with Crippen LogP contribution < -0.4 is 15.6 Å². The number of anilines is 1. The third-order valence-electron chi connectivity index (χ3n) is 6.48. The van der Waals surface area contributed by atoms with Gasteiger partial charge >= 0.3 is 0 Å². The summed E-state index contributed by atoms with van der Waals surface area (Å²) in [6, 6.07) is 12.0. The summed E-state index contributed by atoms with van der Waals surface area (Å²) in [6.45, 7) is 0.654. The average molecular weight is 545 g/mol. The second-order valence-corrected chi connectivity index (χ2v) is 9.10. The fourth-order valence-corrected chi connectivity index (χ4v) is 4.49. The van der Waals surface area contributed by atoms with Gasteiger partial charge in [-0.25, -0.2) is 18.7 Å². The first-order chi connectivity index (χ1) is 19.5. The number of halogens is 2. The zero-order chi connectivity index (χ0) is 27.6. The van der Waals surface area contributed by atoms with E-state index in [0.29, 0.717) is 23.5 Å². The van der Waals surface area contributed by atoms with E-state index < -0.39 is 23.1 Å². The Hall–Kier alpha value is -4.97. The van der Waals surface area contributed by atoms with Gasteiger partial charge in [0.2, 0.25) is 0 Å². The number of ether oxygens (including phenoxy) is 2. The standard InChI is InChI=1S/C28H22F2N6O4/c29-17-6-9-19(10-7-17)35-12-3-4-20(28(35)38)26(37)34-18-8-11-22(21(30)14-18)40-27-24-25(31-15-32-27)36(16-33-24)23-5-1-2-13-39-23/h3-4,6-12,14-16,23H,1-2,5,13H2,(H,34,37). The summed E-state index contributed by atoms with van der Waals surface area (Å²) < 4.78 is 42.9. The first kappa shape index (κ1) is 25.3. The molecule has 40 heavy (non-hydrogen) atoms. The molecule has 1 unspecified atom stereocenters. The molecule has 12 heteroatoms. The van der Waals surface area contributed by atoms with E-state index in [9.17, 15) is 14.0 Å². The first-order valence-corrected chi connectivity index (χ1v) is 12.5. The second-order valence-electron chi connectivity index (χ2n) is 9.10. The number of nitrogens with one attached hydrogen (secondary N) is 1. The molecule has 1 aliphatic heterocycles. The van der Waals surface area contributed by atoms with Gasteiger partial charge in [0.15, 0.2) is 22.7 Å². The van der Waals surface area contributed by atoms with Crippen LogP contribution in [0.2, 0.25) is 0 Å². The molecule has 1 atom stereocenters. The third kappa shape index (κ3) is 4.92. The largest absolute Gasteiger partial charge is 0.434 e. The van der Waals surface area contributed by atoms with Crippen LogP contribution in [-0.2, 0) is 4.74 Å². The van der Waals surface area contributed by atoms with E-state index >= 15 is 4.39 Å². The molecule has 6 rings (SSSR count). The van der Waals surface area contributed by atoms with Crippen molar-refractivity contribution in [3.05, 3.63) is 101 Å². The number of fused-ring (bicyclic) bond motifs is 1. The third-order valence-corrected chi connectivity index (χ3v) is 6.48. The van der Waals surface area contributed by atoms with Crippen molar-refractivity contribution >= 4 is 22.8 Å². The lowest BCUT2D eigenvalue weighted by atomic mass is 10.2. The SMILES string of the molecule is O=C(Nc1ccc(Oc2ncnc3c2ncn3C2CCCCO2)c(F)c1)c1cccn(-c2ccc(F)cc2)c1=O. The number of imidazole rings is 1. The van der Waals surface area contributed by atoms with E-state index in [-0.39, 0.29) is 29.1 Å². The average Bonchev–Trinajstić information content (AvgIpc) is 3.41. The van der Waals surface area contributed by atoms with Crippen molar-refractivity contribution in [3.63, 3.8) is 0 Å². The highest BCUT2D eigenvalue weighted by Crippen LogP contribution is 2.31. The summed E-state index contributed by atoms with van der Waals surface area (Å²) in [5.41, 5.74) is 0.582. The van der Waals surface area contributed by atoms with Crippen molar-refractivity contribution in [3.8, 4) is 17.3 Å². The van der Waals surface area contributed by atoms with Crippen LogP contribution in [0.15, 0.2) is 78.2 Å². The van der Waals surface area contributed by atoms with Gasteiger partial charge in [0.25, 0.3) is 17.3 Å². The molecular weight excluding hydrogens is 522 g/mol. The van der Waals surface area contributed by atoms with Crippen LogP contribution in [0.3, 0.4) is 0 Å². The van der Waals surface area contributed by atoms with E-state index in [1.807, 2.05) is 4.57 Å². The van der Waals surface area contributed by atoms with E-state index in [0.717, 1.165) is 25.3 Å². The van der Waals surface area contributed by atoms with E-state index in [4.69, 9.17) is 9.47 Å². The summed E-state index contributed by atoms with van der Waals surface area (Å²) in [5.74, 6) is -2.02. The van der Waals surface area contributed by atoms with Crippen LogP contribution in [0.1, 0.15) is 35.8 Å². The Morgan fingerprint density at radius 3 is 2.67 bits per heavy atom. The zero-order valence-corrected chi connectivity index (χ0v) is 21.0. The minimum atomic E-state index is -0.767. The number of pyridine rings is 1.